The predicted octanol–water partition coefficient (Wildman–Crippen LogP) is 1.81. The molecule has 1 aliphatic heterocycles. The fourth-order valence-corrected chi connectivity index (χ4v) is 2.54. The van der Waals surface area contributed by atoms with Gasteiger partial charge in [-0.2, -0.15) is 0 Å². The Hall–Kier alpha value is -1.13. The molecule has 1 aromatic carbocycles. The molecule has 0 saturated carbocycles. The normalized spacial score (nSPS) is 20.5. The fraction of sp³-hybridized carbons (Fsp3) is 0.571. The van der Waals surface area contributed by atoms with Crippen LogP contribution in [0.25, 0.3) is 0 Å². The van der Waals surface area contributed by atoms with Gasteiger partial charge in [-0.1, -0.05) is 0 Å². The molecule has 1 saturated heterocycles. The van der Waals surface area contributed by atoms with Crippen molar-refractivity contribution in [3.05, 3.63) is 29.6 Å². The van der Waals surface area contributed by atoms with Gasteiger partial charge in [0.25, 0.3) is 0 Å². The zero-order chi connectivity index (χ0) is 13.1. The van der Waals surface area contributed by atoms with Crippen LogP contribution in [0.1, 0.15) is 18.4 Å². The van der Waals surface area contributed by atoms with E-state index in [4.69, 9.17) is 5.73 Å². The minimum Gasteiger partial charge on any atom is -0.370 e. The lowest BCUT2D eigenvalue weighted by molar-refractivity contribution is 0.258. The van der Waals surface area contributed by atoms with Crippen LogP contribution in [0, 0.1) is 5.82 Å². The fourth-order valence-electron chi connectivity index (χ4n) is 2.54. The Kier molecular flexibility index (Phi) is 4.19. The maximum Gasteiger partial charge on any atom is 0.125 e. The SMILES string of the molecule is CN(C)C1CCCN(c2cc(F)cc(CN)c2)C1. The molecule has 0 aliphatic carbocycles. The lowest BCUT2D eigenvalue weighted by Crippen LogP contribution is -2.45. The molecule has 4 heteroatoms. The zero-order valence-corrected chi connectivity index (χ0v) is 11.2. The van der Waals surface area contributed by atoms with Crippen LogP contribution in [0.15, 0.2) is 18.2 Å². The summed E-state index contributed by atoms with van der Waals surface area (Å²) in [6.45, 7) is 2.34. The lowest BCUT2D eigenvalue weighted by Gasteiger charge is -2.37. The molecular weight excluding hydrogens is 229 g/mol. The second-order valence-electron chi connectivity index (χ2n) is 5.23. The first-order valence-corrected chi connectivity index (χ1v) is 6.51. The number of likely N-dealkylation sites (N-methyl/N-ethyl adjacent to an activating group) is 1. The molecule has 2 rings (SSSR count). The number of nitrogens with two attached hydrogens (primary N) is 1. The molecule has 0 amide bonds. The first-order valence-electron chi connectivity index (χ1n) is 6.51. The third kappa shape index (κ3) is 3.00. The highest BCUT2D eigenvalue weighted by Gasteiger charge is 2.21. The quantitative estimate of drug-likeness (QED) is 0.889. The van der Waals surface area contributed by atoms with Gasteiger partial charge in [0.05, 0.1) is 0 Å². The van der Waals surface area contributed by atoms with Crippen molar-refractivity contribution in [2.75, 3.05) is 32.1 Å². The molecular formula is C14H22FN3. The number of anilines is 1. The Morgan fingerprint density at radius 2 is 2.17 bits per heavy atom. The van der Waals surface area contributed by atoms with Crippen LogP contribution in [-0.4, -0.2) is 38.1 Å². The summed E-state index contributed by atoms with van der Waals surface area (Å²) in [5.74, 6) is -0.195. The van der Waals surface area contributed by atoms with Crippen LogP contribution in [-0.2, 0) is 6.54 Å². The molecule has 1 atom stereocenters. The van der Waals surface area contributed by atoms with Crippen molar-refractivity contribution >= 4 is 5.69 Å². The Labute approximate surface area is 108 Å². The molecule has 0 aromatic heterocycles. The third-order valence-corrected chi connectivity index (χ3v) is 3.67. The van der Waals surface area contributed by atoms with Crippen LogP contribution in [0.3, 0.4) is 0 Å². The second-order valence-corrected chi connectivity index (χ2v) is 5.23. The van der Waals surface area contributed by atoms with Crippen LogP contribution in [0.2, 0.25) is 0 Å². The molecule has 18 heavy (non-hydrogen) atoms. The van der Waals surface area contributed by atoms with E-state index in [9.17, 15) is 4.39 Å². The van der Waals surface area contributed by atoms with Crippen LogP contribution >= 0.6 is 0 Å². The number of hydrogen-bond acceptors (Lipinski definition) is 3. The summed E-state index contributed by atoms with van der Waals surface area (Å²) >= 11 is 0. The van der Waals surface area contributed by atoms with E-state index in [2.05, 4.69) is 23.9 Å². The van der Waals surface area contributed by atoms with E-state index in [1.54, 1.807) is 6.07 Å². The van der Waals surface area contributed by atoms with E-state index in [1.165, 1.54) is 12.5 Å². The van der Waals surface area contributed by atoms with Gasteiger partial charge >= 0.3 is 0 Å². The predicted molar refractivity (Wildman–Crippen MR) is 73.2 cm³/mol. The van der Waals surface area contributed by atoms with Gasteiger partial charge in [0.2, 0.25) is 0 Å². The molecule has 1 unspecified atom stereocenters. The van der Waals surface area contributed by atoms with Gasteiger partial charge in [0.1, 0.15) is 5.82 Å². The average Bonchev–Trinajstić information content (AvgIpc) is 2.38. The summed E-state index contributed by atoms with van der Waals surface area (Å²) in [6.07, 6.45) is 2.36. The molecule has 1 fully saturated rings. The third-order valence-electron chi connectivity index (χ3n) is 3.67. The smallest absolute Gasteiger partial charge is 0.125 e. The van der Waals surface area contributed by atoms with E-state index < -0.39 is 0 Å². The minimum absolute atomic E-state index is 0.195. The first kappa shape index (κ1) is 13.3. The molecule has 1 aromatic rings. The van der Waals surface area contributed by atoms with Gasteiger partial charge in [-0.3, -0.25) is 0 Å². The van der Waals surface area contributed by atoms with Gasteiger partial charge < -0.3 is 15.5 Å². The molecule has 2 N–H and O–H groups in total. The largest absolute Gasteiger partial charge is 0.370 e. The molecule has 0 spiro atoms. The summed E-state index contributed by atoms with van der Waals surface area (Å²) in [5.41, 5.74) is 7.42. The number of rotatable bonds is 3. The van der Waals surface area contributed by atoms with Crippen molar-refractivity contribution in [1.82, 2.24) is 4.90 Å². The number of halogens is 1. The number of hydrogen-bond donors (Lipinski definition) is 1. The highest BCUT2D eigenvalue weighted by molar-refractivity contribution is 5.49. The lowest BCUT2D eigenvalue weighted by atomic mass is 10.0. The molecule has 0 bridgehead atoms. The van der Waals surface area contributed by atoms with E-state index in [0.29, 0.717) is 12.6 Å². The summed E-state index contributed by atoms with van der Waals surface area (Å²) in [6, 6.07) is 5.66. The summed E-state index contributed by atoms with van der Waals surface area (Å²) < 4.78 is 13.5. The van der Waals surface area contributed by atoms with E-state index in [0.717, 1.165) is 30.8 Å². The number of nitrogens with zero attached hydrogens (tertiary/aromatic N) is 2. The maximum absolute atomic E-state index is 13.5. The number of piperidine rings is 1. The Morgan fingerprint density at radius 3 is 2.83 bits per heavy atom. The highest BCUT2D eigenvalue weighted by Crippen LogP contribution is 2.23. The van der Waals surface area contributed by atoms with Gasteiger partial charge in [0.15, 0.2) is 0 Å². The van der Waals surface area contributed by atoms with Crippen LogP contribution < -0.4 is 10.6 Å². The first-order chi connectivity index (χ1) is 8.60. The van der Waals surface area contributed by atoms with Crippen molar-refractivity contribution in [3.63, 3.8) is 0 Å². The Balaban J connectivity index is 2.17. The summed E-state index contributed by atoms with van der Waals surface area (Å²) in [5, 5.41) is 0. The summed E-state index contributed by atoms with van der Waals surface area (Å²) in [4.78, 5) is 4.51. The molecule has 0 radical (unpaired) electrons. The second kappa shape index (κ2) is 5.67. The average molecular weight is 251 g/mol. The van der Waals surface area contributed by atoms with Crippen molar-refractivity contribution in [1.29, 1.82) is 0 Å². The Morgan fingerprint density at radius 1 is 1.39 bits per heavy atom. The number of benzene rings is 1. The maximum atomic E-state index is 13.5. The van der Waals surface area contributed by atoms with Gasteiger partial charge in [0, 0.05) is 31.4 Å². The van der Waals surface area contributed by atoms with E-state index in [1.807, 2.05) is 6.07 Å². The molecule has 100 valence electrons. The standard InChI is InChI=1S/C14H22FN3/c1-17(2)13-4-3-5-18(10-13)14-7-11(9-16)6-12(15)8-14/h6-8,13H,3-5,9-10,16H2,1-2H3. The summed E-state index contributed by atoms with van der Waals surface area (Å²) in [7, 11) is 4.20. The van der Waals surface area contributed by atoms with E-state index >= 15 is 0 Å². The van der Waals surface area contributed by atoms with Crippen molar-refractivity contribution < 1.29 is 4.39 Å². The van der Waals surface area contributed by atoms with Crippen molar-refractivity contribution in [2.45, 2.75) is 25.4 Å². The van der Waals surface area contributed by atoms with Crippen LogP contribution in [0.4, 0.5) is 10.1 Å². The molecule has 1 heterocycles. The van der Waals surface area contributed by atoms with Gasteiger partial charge in [-0.25, -0.2) is 4.39 Å². The van der Waals surface area contributed by atoms with Crippen molar-refractivity contribution in [3.8, 4) is 0 Å². The van der Waals surface area contributed by atoms with Gasteiger partial charge in [-0.15, -0.1) is 0 Å². The van der Waals surface area contributed by atoms with E-state index in [-0.39, 0.29) is 5.82 Å². The molecule has 3 nitrogen and oxygen atoms in total. The monoisotopic (exact) mass is 251 g/mol. The highest BCUT2D eigenvalue weighted by atomic mass is 19.1. The van der Waals surface area contributed by atoms with Crippen LogP contribution in [0.5, 0.6) is 0 Å². The van der Waals surface area contributed by atoms with Crippen molar-refractivity contribution in [2.24, 2.45) is 5.73 Å². The van der Waals surface area contributed by atoms with Gasteiger partial charge in [-0.05, 0) is 50.7 Å². The topological polar surface area (TPSA) is 32.5 Å². The Bertz CT molecular complexity index is 406. The molecule has 1 aliphatic rings. The minimum atomic E-state index is -0.195. The zero-order valence-electron chi connectivity index (χ0n) is 11.2.